The van der Waals surface area contributed by atoms with E-state index in [0.29, 0.717) is 29.2 Å². The molecule has 7 nitrogen and oxygen atoms in total. The highest BCUT2D eigenvalue weighted by Crippen LogP contribution is 2.31. The first-order valence-electron chi connectivity index (χ1n) is 10.8. The number of nitrogens with one attached hydrogen (secondary N) is 2. The van der Waals surface area contributed by atoms with Crippen LogP contribution in [-0.4, -0.2) is 37.1 Å². The lowest BCUT2D eigenvalue weighted by atomic mass is 10.1. The summed E-state index contributed by atoms with van der Waals surface area (Å²) in [7, 11) is -3.98. The largest absolute Gasteiger partial charge is 0.355 e. The number of rotatable bonds is 7. The van der Waals surface area contributed by atoms with E-state index in [9.17, 15) is 18.0 Å². The van der Waals surface area contributed by atoms with Crippen LogP contribution in [-0.2, 0) is 26.2 Å². The number of hydrogen-bond acceptors (Lipinski definition) is 4. The lowest BCUT2D eigenvalue weighted by molar-refractivity contribution is -0.124. The summed E-state index contributed by atoms with van der Waals surface area (Å²) in [6.45, 7) is 0.545. The summed E-state index contributed by atoms with van der Waals surface area (Å²) in [4.78, 5) is 25.0. The summed E-state index contributed by atoms with van der Waals surface area (Å²) in [6, 6.07) is 12.2. The van der Waals surface area contributed by atoms with E-state index in [0.717, 1.165) is 25.7 Å². The van der Waals surface area contributed by atoms with Crippen LogP contribution in [0.4, 0.5) is 5.69 Å². The smallest absolute Gasteiger partial charge is 0.244 e. The summed E-state index contributed by atoms with van der Waals surface area (Å²) in [6.07, 6.45) is 3.79. The number of sulfonamides is 1. The van der Waals surface area contributed by atoms with E-state index >= 15 is 0 Å². The van der Waals surface area contributed by atoms with E-state index in [1.807, 2.05) is 0 Å². The average molecular weight is 476 g/mol. The van der Waals surface area contributed by atoms with Crippen molar-refractivity contribution in [2.45, 2.75) is 49.6 Å². The van der Waals surface area contributed by atoms with Gasteiger partial charge in [0.15, 0.2) is 0 Å². The normalized spacial score (nSPS) is 19.3. The Bertz CT molecular complexity index is 1100. The molecule has 2 aromatic rings. The predicted octanol–water partition coefficient (Wildman–Crippen LogP) is 3.55. The van der Waals surface area contributed by atoms with E-state index in [2.05, 4.69) is 10.6 Å². The van der Waals surface area contributed by atoms with E-state index in [-0.39, 0.29) is 29.2 Å². The Kier molecular flexibility index (Phi) is 6.83. The van der Waals surface area contributed by atoms with Crippen molar-refractivity contribution in [2.75, 3.05) is 11.9 Å². The van der Waals surface area contributed by atoms with Gasteiger partial charge >= 0.3 is 0 Å². The highest BCUT2D eigenvalue weighted by Gasteiger charge is 2.36. The first kappa shape index (κ1) is 22.8. The zero-order valence-electron chi connectivity index (χ0n) is 17.6. The van der Waals surface area contributed by atoms with Crippen LogP contribution in [0.25, 0.3) is 0 Å². The molecule has 1 saturated carbocycles. The zero-order valence-corrected chi connectivity index (χ0v) is 19.2. The number of anilines is 1. The van der Waals surface area contributed by atoms with E-state index in [1.165, 1.54) is 28.6 Å². The van der Waals surface area contributed by atoms with Crippen LogP contribution < -0.4 is 10.6 Å². The third-order valence-corrected chi connectivity index (χ3v) is 7.88. The Morgan fingerprint density at radius 1 is 1.09 bits per heavy atom. The van der Waals surface area contributed by atoms with Gasteiger partial charge in [-0.15, -0.1) is 0 Å². The highest BCUT2D eigenvalue weighted by atomic mass is 35.5. The van der Waals surface area contributed by atoms with Crippen LogP contribution in [0.15, 0.2) is 53.4 Å². The van der Waals surface area contributed by atoms with Gasteiger partial charge in [0.1, 0.15) is 6.04 Å². The molecule has 4 rings (SSSR count). The maximum atomic E-state index is 13.6. The van der Waals surface area contributed by atoms with Gasteiger partial charge in [-0.3, -0.25) is 9.59 Å². The molecule has 2 aliphatic rings. The lowest BCUT2D eigenvalue weighted by Gasteiger charge is -2.29. The zero-order chi connectivity index (χ0) is 22.7. The second kappa shape index (κ2) is 9.60. The van der Waals surface area contributed by atoms with Crippen molar-refractivity contribution in [1.82, 2.24) is 9.62 Å². The van der Waals surface area contributed by atoms with Gasteiger partial charge in [0.2, 0.25) is 21.8 Å². The van der Waals surface area contributed by atoms with E-state index in [4.69, 9.17) is 11.6 Å². The van der Waals surface area contributed by atoms with Crippen LogP contribution in [0.1, 0.15) is 37.7 Å². The number of benzene rings is 2. The molecule has 9 heteroatoms. The molecule has 1 unspecified atom stereocenters. The number of halogens is 1. The number of nitrogens with zero attached hydrogens (tertiary/aromatic N) is 1. The number of carbonyl (C=O) groups is 2. The van der Waals surface area contributed by atoms with Crippen molar-refractivity contribution in [3.05, 3.63) is 59.1 Å². The number of amides is 2. The Hall–Kier alpha value is -2.42. The van der Waals surface area contributed by atoms with E-state index in [1.54, 1.807) is 24.3 Å². The van der Waals surface area contributed by atoms with Gasteiger partial charge in [-0.25, -0.2) is 8.42 Å². The minimum absolute atomic E-state index is 0.0101. The molecule has 170 valence electrons. The monoisotopic (exact) mass is 475 g/mol. The summed E-state index contributed by atoms with van der Waals surface area (Å²) >= 11 is 5.94. The summed E-state index contributed by atoms with van der Waals surface area (Å²) in [5, 5.41) is 6.15. The lowest BCUT2D eigenvalue weighted by Crippen LogP contribution is -2.48. The minimum atomic E-state index is -3.98. The van der Waals surface area contributed by atoms with Gasteiger partial charge in [0, 0.05) is 29.7 Å². The summed E-state index contributed by atoms with van der Waals surface area (Å²) in [5.74, 6) is -0.246. The molecule has 1 saturated heterocycles. The molecule has 2 aromatic carbocycles. The first-order valence-corrected chi connectivity index (χ1v) is 12.6. The fourth-order valence-corrected chi connectivity index (χ4v) is 5.55. The SMILES string of the molecule is O=C(Nc1cccc(CN(C2CCCCNC2=O)S(=O)(=O)c2ccc(Cl)cc2)c1)C1CC1. The Balaban J connectivity index is 1.65. The second-order valence-electron chi connectivity index (χ2n) is 8.27. The highest BCUT2D eigenvalue weighted by molar-refractivity contribution is 7.89. The third-order valence-electron chi connectivity index (χ3n) is 5.76. The molecule has 1 aliphatic carbocycles. The topological polar surface area (TPSA) is 95.6 Å². The van der Waals surface area contributed by atoms with Crippen LogP contribution in [0.3, 0.4) is 0 Å². The molecule has 32 heavy (non-hydrogen) atoms. The summed E-state index contributed by atoms with van der Waals surface area (Å²) < 4.78 is 28.5. The molecular weight excluding hydrogens is 450 g/mol. The second-order valence-corrected chi connectivity index (χ2v) is 10.6. The molecular formula is C23H26ClN3O4S. The van der Waals surface area contributed by atoms with Gasteiger partial charge in [0.05, 0.1) is 4.90 Å². The number of hydrogen-bond donors (Lipinski definition) is 2. The third kappa shape index (κ3) is 5.31. The van der Waals surface area contributed by atoms with Crippen LogP contribution in [0.5, 0.6) is 0 Å². The fourth-order valence-electron chi connectivity index (χ4n) is 3.82. The quantitative estimate of drug-likeness (QED) is 0.640. The maximum Gasteiger partial charge on any atom is 0.244 e. The van der Waals surface area contributed by atoms with Crippen molar-refractivity contribution < 1.29 is 18.0 Å². The van der Waals surface area contributed by atoms with Gasteiger partial charge in [-0.05, 0) is 74.1 Å². The van der Waals surface area contributed by atoms with Crippen molar-refractivity contribution in [1.29, 1.82) is 0 Å². The molecule has 0 bridgehead atoms. The van der Waals surface area contributed by atoms with Crippen molar-refractivity contribution in [3.63, 3.8) is 0 Å². The summed E-state index contributed by atoms with van der Waals surface area (Å²) in [5.41, 5.74) is 1.31. The molecule has 0 spiro atoms. The van der Waals surface area contributed by atoms with Crippen LogP contribution >= 0.6 is 11.6 Å². The van der Waals surface area contributed by atoms with Crippen molar-refractivity contribution >= 4 is 39.1 Å². The predicted molar refractivity (Wildman–Crippen MR) is 123 cm³/mol. The number of carbonyl (C=O) groups excluding carboxylic acids is 2. The average Bonchev–Trinajstić information content (AvgIpc) is 3.61. The molecule has 2 N–H and O–H groups in total. The van der Waals surface area contributed by atoms with Crippen LogP contribution in [0.2, 0.25) is 5.02 Å². The Labute approximate surface area is 193 Å². The molecule has 1 aliphatic heterocycles. The molecule has 1 atom stereocenters. The van der Waals surface area contributed by atoms with Gasteiger partial charge in [-0.2, -0.15) is 4.31 Å². The van der Waals surface area contributed by atoms with Gasteiger partial charge in [0.25, 0.3) is 0 Å². The first-order chi connectivity index (χ1) is 15.3. The standard InChI is InChI=1S/C23H26ClN3O4S/c24-18-9-11-20(12-10-18)32(30,31)27(21-6-1-2-13-25-23(21)29)15-16-4-3-5-19(14-16)26-22(28)17-7-8-17/h3-5,9-12,14,17,21H,1-2,6-8,13,15H2,(H,25,29)(H,26,28). The van der Waals surface area contributed by atoms with Gasteiger partial charge < -0.3 is 10.6 Å². The Morgan fingerprint density at radius 2 is 1.84 bits per heavy atom. The molecule has 0 radical (unpaired) electrons. The molecule has 0 aromatic heterocycles. The maximum absolute atomic E-state index is 13.6. The molecule has 1 heterocycles. The van der Waals surface area contributed by atoms with Gasteiger partial charge in [-0.1, -0.05) is 23.7 Å². The fraction of sp³-hybridized carbons (Fsp3) is 0.391. The molecule has 2 fully saturated rings. The van der Waals surface area contributed by atoms with E-state index < -0.39 is 16.1 Å². The Morgan fingerprint density at radius 3 is 2.56 bits per heavy atom. The van der Waals surface area contributed by atoms with Crippen molar-refractivity contribution in [2.24, 2.45) is 5.92 Å². The van der Waals surface area contributed by atoms with Crippen molar-refractivity contribution in [3.8, 4) is 0 Å². The minimum Gasteiger partial charge on any atom is -0.355 e. The van der Waals surface area contributed by atoms with Crippen LogP contribution in [0, 0.1) is 5.92 Å². The molecule has 2 amide bonds.